The normalized spacial score (nSPS) is 24.1. The summed E-state index contributed by atoms with van der Waals surface area (Å²) in [6.45, 7) is 2.05. The summed E-state index contributed by atoms with van der Waals surface area (Å²) in [5, 5.41) is 18.2. The number of nitrogens with one attached hydrogen (secondary N) is 3. The maximum Gasteiger partial charge on any atom is 0.247 e. The first-order valence-corrected chi connectivity index (χ1v) is 18.5. The Bertz CT molecular complexity index is 1970. The van der Waals surface area contributed by atoms with E-state index in [1.54, 1.807) is 66.7 Å². The molecule has 6 rings (SSSR count). The highest BCUT2D eigenvalue weighted by Crippen LogP contribution is 2.34. The summed E-state index contributed by atoms with van der Waals surface area (Å²) in [5.74, 6) is -2.28. The van der Waals surface area contributed by atoms with Crippen molar-refractivity contribution in [3.05, 3.63) is 83.4 Å². The van der Waals surface area contributed by atoms with Crippen LogP contribution >= 0.6 is 0 Å². The number of benzene rings is 3. The van der Waals surface area contributed by atoms with Crippen LogP contribution in [0.4, 0.5) is 0 Å². The van der Waals surface area contributed by atoms with E-state index < -0.39 is 78.3 Å². The topological polar surface area (TPSA) is 196 Å². The lowest BCUT2D eigenvalue weighted by molar-refractivity contribution is -0.149. The van der Waals surface area contributed by atoms with E-state index in [0.29, 0.717) is 39.7 Å². The third kappa shape index (κ3) is 9.63. The van der Waals surface area contributed by atoms with Crippen LogP contribution in [0.15, 0.2) is 66.7 Å². The molecule has 0 radical (unpaired) electrons. The fraction of sp³-hybridized carbons (Fsp3) is 0.415. The van der Waals surface area contributed by atoms with Crippen molar-refractivity contribution in [1.82, 2.24) is 30.7 Å². The van der Waals surface area contributed by atoms with Gasteiger partial charge in [0.05, 0.1) is 20.8 Å². The summed E-state index contributed by atoms with van der Waals surface area (Å²) in [5.41, 5.74) is 1.92. The van der Waals surface area contributed by atoms with Gasteiger partial charge in [0, 0.05) is 40.4 Å². The summed E-state index contributed by atoms with van der Waals surface area (Å²) >= 11 is 0. The van der Waals surface area contributed by atoms with E-state index in [2.05, 4.69) is 16.0 Å². The van der Waals surface area contributed by atoms with Crippen molar-refractivity contribution in [3.8, 4) is 23.0 Å². The standard InChI is InChI=1S/C41H50N6O10/c1-23-36(49)44-30(22-48)40(53)45(3)31(18-25-8-13-28(55-6)14-9-25)38(51)43-24(2)39(52)47(5)33-19-26-10-15-29(16-11-26)57-35-21-27(12-17-34(35)56-7)20-32(37(50)42-23)46(4)41(33)54/h8-17,21,23-24,30-33,48H,18-20,22H2,1-7H3,(H,42,50)(H,43,51)(H,44,49)/t23-,24+,30+,31+,32+,33+/m1/s1. The monoisotopic (exact) mass is 786 g/mol. The molecule has 3 heterocycles. The minimum absolute atomic E-state index is 0.00390. The van der Waals surface area contributed by atoms with Crippen molar-refractivity contribution < 1.29 is 48.1 Å². The second-order valence-electron chi connectivity index (χ2n) is 14.3. The third-order valence-electron chi connectivity index (χ3n) is 10.4. The molecule has 6 bridgehead atoms. The number of hydrogen-bond acceptors (Lipinski definition) is 10. The predicted octanol–water partition coefficient (Wildman–Crippen LogP) is 0.819. The number of nitrogens with zero attached hydrogens (tertiary/aromatic N) is 3. The predicted molar refractivity (Wildman–Crippen MR) is 208 cm³/mol. The molecule has 3 aliphatic rings. The Morgan fingerprint density at radius 2 is 1.28 bits per heavy atom. The number of rotatable bonds is 5. The number of likely N-dealkylation sites (N-methyl/N-ethyl adjacent to an activating group) is 3. The van der Waals surface area contributed by atoms with Crippen LogP contribution in [0.3, 0.4) is 0 Å². The molecule has 3 aromatic carbocycles. The van der Waals surface area contributed by atoms with Gasteiger partial charge >= 0.3 is 0 Å². The van der Waals surface area contributed by atoms with E-state index in [0.717, 1.165) is 4.90 Å². The fourth-order valence-corrected chi connectivity index (χ4v) is 6.86. The molecule has 0 spiro atoms. The number of fused-ring (bicyclic) bond motifs is 2. The van der Waals surface area contributed by atoms with Crippen LogP contribution in [0, 0.1) is 0 Å². The average molecular weight is 787 g/mol. The van der Waals surface area contributed by atoms with Crippen LogP contribution in [-0.2, 0) is 48.0 Å². The van der Waals surface area contributed by atoms with Crippen LogP contribution < -0.4 is 30.2 Å². The van der Waals surface area contributed by atoms with Gasteiger partial charge in [0.25, 0.3) is 0 Å². The Balaban J connectivity index is 1.59. The highest BCUT2D eigenvalue weighted by atomic mass is 16.5. The van der Waals surface area contributed by atoms with Crippen LogP contribution in [0.1, 0.15) is 30.5 Å². The molecule has 6 amide bonds. The van der Waals surface area contributed by atoms with Crippen molar-refractivity contribution in [3.63, 3.8) is 0 Å². The molecule has 0 aliphatic carbocycles. The van der Waals surface area contributed by atoms with Crippen LogP contribution in [0.2, 0.25) is 0 Å². The largest absolute Gasteiger partial charge is 0.497 e. The van der Waals surface area contributed by atoms with Crippen LogP contribution in [0.25, 0.3) is 0 Å². The molecule has 16 heteroatoms. The smallest absolute Gasteiger partial charge is 0.247 e. The second-order valence-corrected chi connectivity index (χ2v) is 14.3. The van der Waals surface area contributed by atoms with Crippen molar-refractivity contribution in [2.45, 2.75) is 69.4 Å². The van der Waals surface area contributed by atoms with E-state index >= 15 is 0 Å². The van der Waals surface area contributed by atoms with Crippen molar-refractivity contribution in [2.75, 3.05) is 42.0 Å². The minimum atomic E-state index is -1.50. The molecule has 1 saturated heterocycles. The SMILES string of the molecule is COc1ccc(C[C@H]2C(=O)N[C@@H](C)C(=O)N(C)[C@H]3Cc4ccc(cc4)Oc4cc(ccc4OC)C[C@@H](C(=O)N[C@H](C)C(=O)N[C@@H](CO)C(=O)N2C)N(C)C3=O)cc1. The van der Waals surface area contributed by atoms with Gasteiger partial charge in [-0.05, 0) is 66.9 Å². The summed E-state index contributed by atoms with van der Waals surface area (Å²) in [4.78, 5) is 88.2. The lowest BCUT2D eigenvalue weighted by Crippen LogP contribution is -2.62. The van der Waals surface area contributed by atoms with E-state index in [9.17, 15) is 33.9 Å². The van der Waals surface area contributed by atoms with Crippen molar-refractivity contribution in [1.29, 1.82) is 0 Å². The number of amides is 6. The summed E-state index contributed by atoms with van der Waals surface area (Å²) in [7, 11) is 7.27. The van der Waals surface area contributed by atoms with Gasteiger partial charge in [-0.3, -0.25) is 28.8 Å². The first kappa shape index (κ1) is 42.0. The number of aliphatic hydroxyl groups excluding tert-OH is 1. The highest BCUT2D eigenvalue weighted by Gasteiger charge is 2.39. The molecule has 304 valence electrons. The van der Waals surface area contributed by atoms with Gasteiger partial charge in [0.2, 0.25) is 35.4 Å². The quantitative estimate of drug-likeness (QED) is 0.288. The molecule has 57 heavy (non-hydrogen) atoms. The number of methoxy groups -OCH3 is 2. The molecule has 16 nitrogen and oxygen atoms in total. The van der Waals surface area contributed by atoms with Gasteiger partial charge in [-0.1, -0.05) is 30.3 Å². The van der Waals surface area contributed by atoms with Crippen molar-refractivity contribution in [2.24, 2.45) is 0 Å². The lowest BCUT2D eigenvalue weighted by Gasteiger charge is -2.37. The van der Waals surface area contributed by atoms with Crippen LogP contribution in [-0.4, -0.2) is 133 Å². The number of carbonyl (C=O) groups excluding carboxylic acids is 6. The van der Waals surface area contributed by atoms with Gasteiger partial charge < -0.3 is 50.0 Å². The zero-order chi connectivity index (χ0) is 41.6. The lowest BCUT2D eigenvalue weighted by atomic mass is 9.98. The second kappa shape index (κ2) is 18.2. The Morgan fingerprint density at radius 3 is 1.91 bits per heavy atom. The van der Waals surface area contributed by atoms with E-state index in [-0.39, 0.29) is 19.3 Å². The first-order valence-electron chi connectivity index (χ1n) is 18.5. The number of aliphatic hydroxyl groups is 1. The van der Waals surface area contributed by atoms with Gasteiger partial charge in [-0.25, -0.2) is 0 Å². The number of hydrogen-bond donors (Lipinski definition) is 4. The average Bonchev–Trinajstić information content (AvgIpc) is 3.21. The molecule has 0 unspecified atom stereocenters. The Kier molecular flexibility index (Phi) is 13.4. The molecule has 0 aromatic heterocycles. The van der Waals surface area contributed by atoms with E-state index in [4.69, 9.17) is 14.2 Å². The third-order valence-corrected chi connectivity index (χ3v) is 10.4. The highest BCUT2D eigenvalue weighted by molar-refractivity contribution is 5.98. The Labute approximate surface area is 331 Å². The Morgan fingerprint density at radius 1 is 0.667 bits per heavy atom. The molecule has 6 atom stereocenters. The van der Waals surface area contributed by atoms with Crippen LogP contribution in [0.5, 0.6) is 23.0 Å². The van der Waals surface area contributed by atoms with Crippen molar-refractivity contribution >= 4 is 35.4 Å². The first-order chi connectivity index (χ1) is 27.1. The molecule has 1 fully saturated rings. The minimum Gasteiger partial charge on any atom is -0.497 e. The fourth-order valence-electron chi connectivity index (χ4n) is 6.86. The zero-order valence-corrected chi connectivity index (χ0v) is 33.1. The summed E-state index contributed by atoms with van der Waals surface area (Å²) in [6.07, 6.45) is -0.000603. The molecular weight excluding hydrogens is 736 g/mol. The molecule has 3 aromatic rings. The maximum absolute atomic E-state index is 14.7. The number of carbonyl (C=O) groups is 6. The molecule has 3 aliphatic heterocycles. The molecule has 0 saturated carbocycles. The summed E-state index contributed by atoms with van der Waals surface area (Å²) in [6, 6.07) is 11.4. The molecular formula is C41H50N6O10. The van der Waals surface area contributed by atoms with E-state index in [1.165, 1.54) is 59.0 Å². The van der Waals surface area contributed by atoms with Gasteiger partial charge in [0.1, 0.15) is 47.8 Å². The molecule has 4 N–H and O–H groups in total. The Hall–Kier alpha value is -6.16. The number of ether oxygens (including phenoxy) is 3. The van der Waals surface area contributed by atoms with Gasteiger partial charge in [-0.15, -0.1) is 0 Å². The maximum atomic E-state index is 14.7. The van der Waals surface area contributed by atoms with E-state index in [1.807, 2.05) is 0 Å². The van der Waals surface area contributed by atoms with Gasteiger partial charge in [-0.2, -0.15) is 0 Å². The zero-order valence-electron chi connectivity index (χ0n) is 33.1. The summed E-state index contributed by atoms with van der Waals surface area (Å²) < 4.78 is 16.9. The van der Waals surface area contributed by atoms with Gasteiger partial charge in [0.15, 0.2) is 11.5 Å².